The summed E-state index contributed by atoms with van der Waals surface area (Å²) in [6.45, 7) is 3.09. The average Bonchev–Trinajstić information content (AvgIpc) is 2.78. The third kappa shape index (κ3) is 4.26. The summed E-state index contributed by atoms with van der Waals surface area (Å²) in [6.07, 6.45) is 0.727. The van der Waals surface area contributed by atoms with Crippen molar-refractivity contribution in [3.8, 4) is 0 Å². The smallest absolute Gasteiger partial charge is 0.414 e. The molecule has 2 saturated heterocycles. The van der Waals surface area contributed by atoms with Gasteiger partial charge in [0, 0.05) is 19.4 Å². The van der Waals surface area contributed by atoms with Crippen molar-refractivity contribution < 1.29 is 23.6 Å². The van der Waals surface area contributed by atoms with Gasteiger partial charge >= 0.3 is 6.09 Å². The van der Waals surface area contributed by atoms with Crippen molar-refractivity contribution in [2.75, 3.05) is 31.1 Å². The first-order valence-electron chi connectivity index (χ1n) is 8.41. The van der Waals surface area contributed by atoms with Gasteiger partial charge in [0.05, 0.1) is 25.4 Å². The number of hydrogen-bond acceptors (Lipinski definition) is 5. The quantitative estimate of drug-likeness (QED) is 0.863. The normalized spacial score (nSPS) is 23.9. The second-order valence-corrected chi connectivity index (χ2v) is 6.30. The number of carbonyl (C=O) groups is 2. The summed E-state index contributed by atoms with van der Waals surface area (Å²) in [5.74, 6) is -0.496. The van der Waals surface area contributed by atoms with E-state index in [4.69, 9.17) is 9.57 Å². The van der Waals surface area contributed by atoms with E-state index >= 15 is 0 Å². The summed E-state index contributed by atoms with van der Waals surface area (Å²) in [6, 6.07) is 4.81. The van der Waals surface area contributed by atoms with Gasteiger partial charge in [-0.2, -0.15) is 0 Å². The average molecular weight is 351 g/mol. The number of amides is 2. The van der Waals surface area contributed by atoms with Crippen LogP contribution in [0.15, 0.2) is 18.2 Å². The lowest BCUT2D eigenvalue weighted by Gasteiger charge is -2.18. The molecule has 0 saturated carbocycles. The largest absolute Gasteiger partial charge is 0.442 e. The third-order valence-electron chi connectivity index (χ3n) is 4.42. The minimum Gasteiger partial charge on any atom is -0.442 e. The van der Waals surface area contributed by atoms with Crippen molar-refractivity contribution in [1.29, 1.82) is 0 Å². The first kappa shape index (κ1) is 17.6. The van der Waals surface area contributed by atoms with E-state index in [0.717, 1.165) is 12.8 Å². The van der Waals surface area contributed by atoms with Crippen molar-refractivity contribution in [2.24, 2.45) is 0 Å². The standard InChI is InChI=1S/C17H22FN3O4/c1-11(22)19-9-14-10-21(17(23)25-14)13-4-5-15(16(18)7-13)12-3-2-6-24-20-8-12/h4-5,7,12,14,20H,2-3,6,8-10H2,1H3,(H,19,22)/t12?,14-/m0/s1. The topological polar surface area (TPSA) is 79.9 Å². The molecule has 1 aromatic rings. The van der Waals surface area contributed by atoms with Crippen LogP contribution < -0.4 is 15.7 Å². The molecule has 0 bridgehead atoms. The molecule has 0 aliphatic carbocycles. The van der Waals surface area contributed by atoms with Crippen LogP contribution in [0.1, 0.15) is 31.2 Å². The van der Waals surface area contributed by atoms with E-state index < -0.39 is 12.2 Å². The molecule has 0 spiro atoms. The Bertz CT molecular complexity index is 647. The fraction of sp³-hybridized carbons (Fsp3) is 0.529. The lowest BCUT2D eigenvalue weighted by Crippen LogP contribution is -2.33. The van der Waals surface area contributed by atoms with E-state index in [1.165, 1.54) is 17.9 Å². The van der Waals surface area contributed by atoms with Gasteiger partial charge < -0.3 is 14.9 Å². The van der Waals surface area contributed by atoms with Crippen molar-refractivity contribution >= 4 is 17.7 Å². The van der Waals surface area contributed by atoms with Crippen LogP contribution >= 0.6 is 0 Å². The zero-order chi connectivity index (χ0) is 17.8. The maximum atomic E-state index is 14.6. The third-order valence-corrected chi connectivity index (χ3v) is 4.42. The molecule has 136 valence electrons. The molecule has 8 heteroatoms. The van der Waals surface area contributed by atoms with Crippen LogP contribution in [0.5, 0.6) is 0 Å². The molecule has 1 aromatic carbocycles. The molecule has 2 aliphatic rings. The Kier molecular flexibility index (Phi) is 5.50. The fourth-order valence-electron chi connectivity index (χ4n) is 3.11. The van der Waals surface area contributed by atoms with Gasteiger partial charge in [-0.1, -0.05) is 6.07 Å². The maximum absolute atomic E-state index is 14.6. The summed E-state index contributed by atoms with van der Waals surface area (Å²) >= 11 is 0. The molecular formula is C17H22FN3O4. The highest BCUT2D eigenvalue weighted by Crippen LogP contribution is 2.29. The van der Waals surface area contributed by atoms with E-state index in [0.29, 0.717) is 24.4 Å². The molecule has 0 aromatic heterocycles. The van der Waals surface area contributed by atoms with Gasteiger partial charge in [-0.25, -0.2) is 14.7 Å². The molecule has 0 radical (unpaired) electrons. The molecule has 2 aliphatic heterocycles. The zero-order valence-corrected chi connectivity index (χ0v) is 14.1. The number of carbonyl (C=O) groups excluding carboxylic acids is 2. The van der Waals surface area contributed by atoms with Gasteiger partial charge in [0.25, 0.3) is 0 Å². The Balaban J connectivity index is 1.69. The minimum absolute atomic E-state index is 0.0367. The number of hydroxylamine groups is 1. The highest BCUT2D eigenvalue weighted by molar-refractivity contribution is 5.89. The van der Waals surface area contributed by atoms with E-state index in [2.05, 4.69) is 10.8 Å². The van der Waals surface area contributed by atoms with Crippen LogP contribution in [0.2, 0.25) is 0 Å². The van der Waals surface area contributed by atoms with Crippen LogP contribution in [0.3, 0.4) is 0 Å². The molecule has 7 nitrogen and oxygen atoms in total. The van der Waals surface area contributed by atoms with E-state index in [-0.39, 0.29) is 30.7 Å². The first-order chi connectivity index (χ1) is 12.0. The van der Waals surface area contributed by atoms with E-state index in [1.807, 2.05) is 0 Å². The van der Waals surface area contributed by atoms with Crippen LogP contribution in [-0.2, 0) is 14.4 Å². The fourth-order valence-corrected chi connectivity index (χ4v) is 3.11. The highest BCUT2D eigenvalue weighted by Gasteiger charge is 2.33. The Morgan fingerprint density at radius 2 is 2.32 bits per heavy atom. The number of anilines is 1. The summed E-state index contributed by atoms with van der Waals surface area (Å²) in [5, 5.41) is 2.61. The number of halogens is 1. The van der Waals surface area contributed by atoms with Crippen LogP contribution in [0.4, 0.5) is 14.9 Å². The molecule has 2 amide bonds. The number of ether oxygens (including phenoxy) is 1. The number of nitrogens with zero attached hydrogens (tertiary/aromatic N) is 1. The van der Waals surface area contributed by atoms with Crippen molar-refractivity contribution in [1.82, 2.24) is 10.8 Å². The van der Waals surface area contributed by atoms with Gasteiger partial charge in [-0.15, -0.1) is 0 Å². The first-order valence-corrected chi connectivity index (χ1v) is 8.41. The van der Waals surface area contributed by atoms with E-state index in [1.54, 1.807) is 12.1 Å². The van der Waals surface area contributed by atoms with Gasteiger partial charge in [0.15, 0.2) is 0 Å². The molecule has 2 N–H and O–H groups in total. The second-order valence-electron chi connectivity index (χ2n) is 6.30. The van der Waals surface area contributed by atoms with Crippen LogP contribution in [0, 0.1) is 5.82 Å². The molecular weight excluding hydrogens is 329 g/mol. The van der Waals surface area contributed by atoms with Gasteiger partial charge in [0.2, 0.25) is 5.91 Å². The molecule has 25 heavy (non-hydrogen) atoms. The zero-order valence-electron chi connectivity index (χ0n) is 14.1. The molecule has 2 fully saturated rings. The minimum atomic E-state index is -0.535. The van der Waals surface area contributed by atoms with Crippen molar-refractivity contribution in [2.45, 2.75) is 31.8 Å². The van der Waals surface area contributed by atoms with E-state index in [9.17, 15) is 14.0 Å². The summed E-state index contributed by atoms with van der Waals surface area (Å²) in [4.78, 5) is 29.5. The van der Waals surface area contributed by atoms with Crippen molar-refractivity contribution in [3.63, 3.8) is 0 Å². The molecule has 2 atom stereocenters. The molecule has 3 rings (SSSR count). The number of rotatable bonds is 4. The predicted molar refractivity (Wildman–Crippen MR) is 88.6 cm³/mol. The van der Waals surface area contributed by atoms with Gasteiger partial charge in [-0.3, -0.25) is 9.69 Å². The molecule has 1 unspecified atom stereocenters. The second kappa shape index (κ2) is 7.79. The Hall–Kier alpha value is -2.19. The summed E-state index contributed by atoms with van der Waals surface area (Å²) in [5.41, 5.74) is 3.91. The van der Waals surface area contributed by atoms with Crippen LogP contribution in [0.25, 0.3) is 0 Å². The summed E-state index contributed by atoms with van der Waals surface area (Å²) < 4.78 is 19.8. The van der Waals surface area contributed by atoms with Gasteiger partial charge in [-0.05, 0) is 30.5 Å². The Morgan fingerprint density at radius 1 is 1.48 bits per heavy atom. The lowest BCUT2D eigenvalue weighted by molar-refractivity contribution is -0.119. The van der Waals surface area contributed by atoms with Gasteiger partial charge in [0.1, 0.15) is 11.9 Å². The number of nitrogens with one attached hydrogen (secondary N) is 2. The highest BCUT2D eigenvalue weighted by atomic mass is 19.1. The Morgan fingerprint density at radius 3 is 3.08 bits per heavy atom. The summed E-state index contributed by atoms with van der Waals surface area (Å²) in [7, 11) is 0. The number of cyclic esters (lactones) is 1. The predicted octanol–water partition coefficient (Wildman–Crippen LogP) is 1.69. The SMILES string of the molecule is CC(=O)NC[C@H]1CN(c2ccc(C3CCCONC3)c(F)c2)C(=O)O1. The maximum Gasteiger partial charge on any atom is 0.414 e. The Labute approximate surface area is 145 Å². The van der Waals surface area contributed by atoms with Crippen LogP contribution in [-0.4, -0.2) is 44.3 Å². The number of hydrogen-bond donors (Lipinski definition) is 2. The van der Waals surface area contributed by atoms with Crippen molar-refractivity contribution in [3.05, 3.63) is 29.6 Å². The lowest BCUT2D eigenvalue weighted by atomic mass is 9.94. The number of benzene rings is 1. The monoisotopic (exact) mass is 351 g/mol. The molecule has 2 heterocycles.